The van der Waals surface area contributed by atoms with Gasteiger partial charge in [-0.05, 0) is 29.7 Å². The van der Waals surface area contributed by atoms with E-state index in [0.717, 1.165) is 24.2 Å². The predicted molar refractivity (Wildman–Crippen MR) is 93.8 cm³/mol. The number of aliphatic imine (C=N–C) groups is 1. The maximum atomic E-state index is 9.14. The van der Waals surface area contributed by atoms with Crippen molar-refractivity contribution >= 4 is 11.9 Å². The predicted octanol–water partition coefficient (Wildman–Crippen LogP) is 3.51. The standard InChI is InChI=1S/C19H24N2O/c1-2-12-21(13-14-22)19-10-8-18(9-11-19)16-20-15-17-6-4-3-5-7-17/h3-11,16,22H,2,12-15H2,1H3. The van der Waals surface area contributed by atoms with Crippen LogP contribution in [0.4, 0.5) is 5.69 Å². The van der Waals surface area contributed by atoms with Crippen LogP contribution in [0.1, 0.15) is 24.5 Å². The van der Waals surface area contributed by atoms with E-state index < -0.39 is 0 Å². The molecule has 0 heterocycles. The van der Waals surface area contributed by atoms with E-state index in [1.165, 1.54) is 5.56 Å². The van der Waals surface area contributed by atoms with Crippen molar-refractivity contribution in [1.29, 1.82) is 0 Å². The van der Waals surface area contributed by atoms with E-state index in [9.17, 15) is 0 Å². The first-order valence-corrected chi connectivity index (χ1v) is 7.83. The van der Waals surface area contributed by atoms with Crippen LogP contribution < -0.4 is 4.90 Å². The van der Waals surface area contributed by atoms with Gasteiger partial charge in [0.05, 0.1) is 13.2 Å². The molecule has 3 heteroatoms. The average molecular weight is 296 g/mol. The topological polar surface area (TPSA) is 35.8 Å². The highest BCUT2D eigenvalue weighted by Gasteiger charge is 2.03. The van der Waals surface area contributed by atoms with Crippen molar-refractivity contribution in [1.82, 2.24) is 0 Å². The third-order valence-electron chi connectivity index (χ3n) is 3.48. The Morgan fingerprint density at radius 3 is 2.36 bits per heavy atom. The maximum Gasteiger partial charge on any atom is 0.0639 e. The van der Waals surface area contributed by atoms with Crippen LogP contribution in [0.3, 0.4) is 0 Å². The SMILES string of the molecule is CCCN(CCO)c1ccc(C=NCc2ccccc2)cc1. The second-order valence-electron chi connectivity index (χ2n) is 5.26. The van der Waals surface area contributed by atoms with Gasteiger partial charge in [0.1, 0.15) is 0 Å². The first-order chi connectivity index (χ1) is 10.8. The number of rotatable bonds is 8. The molecular formula is C19H24N2O. The molecular weight excluding hydrogens is 272 g/mol. The number of nitrogens with zero attached hydrogens (tertiary/aromatic N) is 2. The molecule has 0 aromatic heterocycles. The van der Waals surface area contributed by atoms with Crippen molar-refractivity contribution in [2.75, 3.05) is 24.6 Å². The second-order valence-corrected chi connectivity index (χ2v) is 5.26. The van der Waals surface area contributed by atoms with Crippen LogP contribution in [0.2, 0.25) is 0 Å². The van der Waals surface area contributed by atoms with Crippen LogP contribution in [-0.2, 0) is 6.54 Å². The number of hydrogen-bond donors (Lipinski definition) is 1. The molecule has 0 spiro atoms. The van der Waals surface area contributed by atoms with Crippen molar-refractivity contribution in [2.45, 2.75) is 19.9 Å². The second kappa shape index (κ2) is 9.00. The fourth-order valence-electron chi connectivity index (χ4n) is 2.37. The molecule has 0 fully saturated rings. The number of anilines is 1. The molecule has 2 aromatic carbocycles. The van der Waals surface area contributed by atoms with E-state index in [4.69, 9.17) is 5.11 Å². The average Bonchev–Trinajstić information content (AvgIpc) is 2.56. The molecule has 0 aliphatic carbocycles. The van der Waals surface area contributed by atoms with E-state index in [0.29, 0.717) is 13.1 Å². The Morgan fingerprint density at radius 2 is 1.73 bits per heavy atom. The lowest BCUT2D eigenvalue weighted by Crippen LogP contribution is -2.27. The maximum absolute atomic E-state index is 9.14. The minimum Gasteiger partial charge on any atom is -0.395 e. The van der Waals surface area contributed by atoms with Crippen molar-refractivity contribution in [2.24, 2.45) is 4.99 Å². The summed E-state index contributed by atoms with van der Waals surface area (Å²) in [6.45, 7) is 4.67. The Balaban J connectivity index is 1.96. The molecule has 0 amide bonds. The van der Waals surface area contributed by atoms with Crippen molar-refractivity contribution in [3.8, 4) is 0 Å². The van der Waals surface area contributed by atoms with Gasteiger partial charge in [-0.3, -0.25) is 4.99 Å². The zero-order valence-electron chi connectivity index (χ0n) is 13.2. The van der Waals surface area contributed by atoms with Gasteiger partial charge in [0, 0.05) is 25.0 Å². The summed E-state index contributed by atoms with van der Waals surface area (Å²) < 4.78 is 0. The monoisotopic (exact) mass is 296 g/mol. The van der Waals surface area contributed by atoms with Gasteiger partial charge >= 0.3 is 0 Å². The molecule has 2 aromatic rings. The fraction of sp³-hybridized carbons (Fsp3) is 0.316. The quantitative estimate of drug-likeness (QED) is 0.757. The number of aliphatic hydroxyl groups excluding tert-OH is 1. The van der Waals surface area contributed by atoms with Crippen LogP contribution in [0.15, 0.2) is 59.6 Å². The molecule has 0 saturated carbocycles. The summed E-state index contributed by atoms with van der Waals surface area (Å²) in [5.74, 6) is 0. The van der Waals surface area contributed by atoms with Crippen molar-refractivity contribution < 1.29 is 5.11 Å². The summed E-state index contributed by atoms with van der Waals surface area (Å²) in [6, 6.07) is 18.6. The molecule has 3 nitrogen and oxygen atoms in total. The molecule has 0 atom stereocenters. The molecule has 0 bridgehead atoms. The van der Waals surface area contributed by atoms with Gasteiger partial charge < -0.3 is 10.0 Å². The highest BCUT2D eigenvalue weighted by molar-refractivity contribution is 5.80. The lowest BCUT2D eigenvalue weighted by Gasteiger charge is -2.23. The Morgan fingerprint density at radius 1 is 1.00 bits per heavy atom. The Bertz CT molecular complexity index is 558. The van der Waals surface area contributed by atoms with Gasteiger partial charge in [0.15, 0.2) is 0 Å². The molecule has 0 unspecified atom stereocenters. The normalized spacial score (nSPS) is 11.0. The Labute approximate surface area is 132 Å². The number of aliphatic hydroxyl groups is 1. The van der Waals surface area contributed by atoms with Gasteiger partial charge in [-0.1, -0.05) is 49.4 Å². The molecule has 0 aliphatic rings. The van der Waals surface area contributed by atoms with E-state index in [2.05, 4.69) is 53.2 Å². The summed E-state index contributed by atoms with van der Waals surface area (Å²) in [4.78, 5) is 6.68. The van der Waals surface area contributed by atoms with Crippen LogP contribution in [0.25, 0.3) is 0 Å². The van der Waals surface area contributed by atoms with Crippen LogP contribution in [-0.4, -0.2) is 31.0 Å². The first kappa shape index (κ1) is 16.2. The van der Waals surface area contributed by atoms with Crippen molar-refractivity contribution in [3.05, 3.63) is 65.7 Å². The summed E-state index contributed by atoms with van der Waals surface area (Å²) in [6.07, 6.45) is 2.98. The largest absolute Gasteiger partial charge is 0.395 e. The molecule has 116 valence electrons. The smallest absolute Gasteiger partial charge is 0.0639 e. The third-order valence-corrected chi connectivity index (χ3v) is 3.48. The number of hydrogen-bond acceptors (Lipinski definition) is 3. The summed E-state index contributed by atoms with van der Waals surface area (Å²) in [5.41, 5.74) is 3.46. The van der Waals surface area contributed by atoms with Crippen LogP contribution in [0.5, 0.6) is 0 Å². The minimum atomic E-state index is 0.181. The summed E-state index contributed by atoms with van der Waals surface area (Å²) in [5, 5.41) is 9.14. The van der Waals surface area contributed by atoms with E-state index in [1.54, 1.807) is 0 Å². The number of benzene rings is 2. The van der Waals surface area contributed by atoms with Gasteiger partial charge in [0.2, 0.25) is 0 Å². The zero-order valence-corrected chi connectivity index (χ0v) is 13.2. The highest BCUT2D eigenvalue weighted by Crippen LogP contribution is 2.15. The van der Waals surface area contributed by atoms with E-state index in [-0.39, 0.29) is 6.61 Å². The molecule has 22 heavy (non-hydrogen) atoms. The molecule has 0 saturated heterocycles. The first-order valence-electron chi connectivity index (χ1n) is 7.83. The Kier molecular flexibility index (Phi) is 6.65. The van der Waals surface area contributed by atoms with E-state index in [1.807, 2.05) is 24.4 Å². The summed E-state index contributed by atoms with van der Waals surface area (Å²) >= 11 is 0. The molecule has 0 aliphatic heterocycles. The third kappa shape index (κ3) is 5.01. The van der Waals surface area contributed by atoms with Gasteiger partial charge in [-0.25, -0.2) is 0 Å². The van der Waals surface area contributed by atoms with Gasteiger partial charge in [-0.2, -0.15) is 0 Å². The molecule has 1 N–H and O–H groups in total. The Hall–Kier alpha value is -2.13. The lowest BCUT2D eigenvalue weighted by molar-refractivity contribution is 0.302. The molecule has 2 rings (SSSR count). The fourth-order valence-corrected chi connectivity index (χ4v) is 2.37. The zero-order chi connectivity index (χ0) is 15.6. The minimum absolute atomic E-state index is 0.181. The van der Waals surface area contributed by atoms with Crippen LogP contribution >= 0.6 is 0 Å². The van der Waals surface area contributed by atoms with Crippen molar-refractivity contribution in [3.63, 3.8) is 0 Å². The van der Waals surface area contributed by atoms with E-state index >= 15 is 0 Å². The highest BCUT2D eigenvalue weighted by atomic mass is 16.3. The molecule has 0 radical (unpaired) electrons. The van der Waals surface area contributed by atoms with Gasteiger partial charge in [-0.15, -0.1) is 0 Å². The summed E-state index contributed by atoms with van der Waals surface area (Å²) in [7, 11) is 0. The lowest BCUT2D eigenvalue weighted by atomic mass is 10.2. The van der Waals surface area contributed by atoms with Gasteiger partial charge in [0.25, 0.3) is 0 Å². The van der Waals surface area contributed by atoms with Crippen LogP contribution in [0, 0.1) is 0 Å².